The second-order valence-corrected chi connectivity index (χ2v) is 4.81. The van der Waals surface area contributed by atoms with Crippen molar-refractivity contribution in [1.82, 2.24) is 9.97 Å². The van der Waals surface area contributed by atoms with Gasteiger partial charge in [0.05, 0.1) is 6.20 Å². The maximum Gasteiger partial charge on any atom is 0.119 e. The molecular weight excluding hydrogens is 274 g/mol. The van der Waals surface area contributed by atoms with Gasteiger partial charge in [-0.1, -0.05) is 27.7 Å². The van der Waals surface area contributed by atoms with Crippen molar-refractivity contribution in [3.63, 3.8) is 0 Å². The van der Waals surface area contributed by atoms with Gasteiger partial charge < -0.3 is 5.73 Å². The highest BCUT2D eigenvalue weighted by Crippen LogP contribution is 2.32. The van der Waals surface area contributed by atoms with Gasteiger partial charge in [0.2, 0.25) is 0 Å². The molecule has 15 heavy (non-hydrogen) atoms. The zero-order valence-corrected chi connectivity index (χ0v) is 10.1. The van der Waals surface area contributed by atoms with E-state index in [1.807, 2.05) is 18.2 Å². The van der Waals surface area contributed by atoms with Crippen LogP contribution in [0.3, 0.4) is 0 Å². The summed E-state index contributed by atoms with van der Waals surface area (Å²) in [5.41, 5.74) is 6.59. The predicted octanol–water partition coefficient (Wildman–Crippen LogP) is 2.97. The topological polar surface area (TPSA) is 51.8 Å². The van der Waals surface area contributed by atoms with Crippen LogP contribution in [-0.2, 0) is 0 Å². The van der Waals surface area contributed by atoms with E-state index in [0.717, 1.165) is 20.1 Å². The van der Waals surface area contributed by atoms with Crippen LogP contribution >= 0.6 is 27.7 Å². The fourth-order valence-corrected chi connectivity index (χ4v) is 2.38. The van der Waals surface area contributed by atoms with Gasteiger partial charge in [0.15, 0.2) is 0 Å². The molecule has 5 heteroatoms. The Morgan fingerprint density at radius 1 is 1.27 bits per heavy atom. The zero-order chi connectivity index (χ0) is 10.7. The van der Waals surface area contributed by atoms with E-state index in [-0.39, 0.29) is 0 Å². The van der Waals surface area contributed by atoms with Crippen molar-refractivity contribution in [2.75, 3.05) is 5.73 Å². The lowest BCUT2D eigenvalue weighted by atomic mass is 10.3. The number of anilines is 1. The Bertz CT molecular complexity index is 461. The molecule has 0 saturated carbocycles. The third-order valence-electron chi connectivity index (χ3n) is 1.73. The van der Waals surface area contributed by atoms with Crippen molar-refractivity contribution in [2.45, 2.75) is 9.92 Å². The third kappa shape index (κ3) is 2.70. The van der Waals surface area contributed by atoms with Crippen LogP contribution in [0.4, 0.5) is 5.69 Å². The van der Waals surface area contributed by atoms with E-state index in [0.29, 0.717) is 0 Å². The quantitative estimate of drug-likeness (QED) is 0.860. The standard InChI is InChI=1S/C10H8BrN3S/c11-7-1-2-8(12)9(5-7)15-10-6-13-3-4-14-10/h1-6H,12H2. The van der Waals surface area contributed by atoms with Crippen LogP contribution in [0.25, 0.3) is 0 Å². The molecule has 0 unspecified atom stereocenters. The van der Waals surface area contributed by atoms with Crippen molar-refractivity contribution < 1.29 is 0 Å². The molecule has 0 spiro atoms. The molecule has 0 fully saturated rings. The van der Waals surface area contributed by atoms with E-state index < -0.39 is 0 Å². The van der Waals surface area contributed by atoms with Crippen LogP contribution in [0.5, 0.6) is 0 Å². The van der Waals surface area contributed by atoms with Crippen LogP contribution in [0.15, 0.2) is 51.2 Å². The second-order valence-electron chi connectivity index (χ2n) is 2.83. The zero-order valence-electron chi connectivity index (χ0n) is 7.72. The van der Waals surface area contributed by atoms with Gasteiger partial charge in [-0.15, -0.1) is 0 Å². The summed E-state index contributed by atoms with van der Waals surface area (Å²) in [6.45, 7) is 0. The number of rotatable bonds is 2. The van der Waals surface area contributed by atoms with Crippen LogP contribution < -0.4 is 5.73 Å². The van der Waals surface area contributed by atoms with Gasteiger partial charge in [-0.05, 0) is 18.2 Å². The molecule has 2 N–H and O–H groups in total. The smallest absolute Gasteiger partial charge is 0.119 e. The maximum absolute atomic E-state index is 5.85. The molecule has 0 bridgehead atoms. The predicted molar refractivity (Wildman–Crippen MR) is 64.7 cm³/mol. The molecule has 0 aliphatic rings. The largest absolute Gasteiger partial charge is 0.398 e. The highest BCUT2D eigenvalue weighted by Gasteiger charge is 2.03. The van der Waals surface area contributed by atoms with E-state index in [1.165, 1.54) is 11.8 Å². The summed E-state index contributed by atoms with van der Waals surface area (Å²) in [6.07, 6.45) is 5.02. The lowest BCUT2D eigenvalue weighted by molar-refractivity contribution is 1.05. The van der Waals surface area contributed by atoms with E-state index >= 15 is 0 Å². The Morgan fingerprint density at radius 3 is 2.87 bits per heavy atom. The normalized spacial score (nSPS) is 10.2. The monoisotopic (exact) mass is 281 g/mol. The summed E-state index contributed by atoms with van der Waals surface area (Å²) in [4.78, 5) is 9.15. The second kappa shape index (κ2) is 4.63. The number of hydrogen-bond acceptors (Lipinski definition) is 4. The highest BCUT2D eigenvalue weighted by atomic mass is 79.9. The maximum atomic E-state index is 5.85. The average molecular weight is 282 g/mol. The third-order valence-corrected chi connectivity index (χ3v) is 3.22. The molecule has 0 aliphatic heterocycles. The molecule has 76 valence electrons. The highest BCUT2D eigenvalue weighted by molar-refractivity contribution is 9.10. The summed E-state index contributed by atoms with van der Waals surface area (Å²) in [7, 11) is 0. The first-order chi connectivity index (χ1) is 7.25. The van der Waals surface area contributed by atoms with Crippen LogP contribution in [0, 0.1) is 0 Å². The fraction of sp³-hybridized carbons (Fsp3) is 0. The van der Waals surface area contributed by atoms with Crippen molar-refractivity contribution in [3.05, 3.63) is 41.3 Å². The number of nitrogens with zero attached hydrogens (tertiary/aromatic N) is 2. The summed E-state index contributed by atoms with van der Waals surface area (Å²) in [5, 5.41) is 0.835. The minimum Gasteiger partial charge on any atom is -0.398 e. The van der Waals surface area contributed by atoms with Crippen molar-refractivity contribution in [3.8, 4) is 0 Å². The van der Waals surface area contributed by atoms with Crippen molar-refractivity contribution >= 4 is 33.4 Å². The minimum atomic E-state index is 0.744. The van der Waals surface area contributed by atoms with Gasteiger partial charge >= 0.3 is 0 Å². The molecule has 0 radical (unpaired) electrons. The van der Waals surface area contributed by atoms with E-state index in [9.17, 15) is 0 Å². The molecule has 2 rings (SSSR count). The van der Waals surface area contributed by atoms with Gasteiger partial charge in [0, 0.05) is 27.4 Å². The Balaban J connectivity index is 2.28. The minimum absolute atomic E-state index is 0.744. The lowest BCUT2D eigenvalue weighted by Gasteiger charge is -2.04. The van der Waals surface area contributed by atoms with Gasteiger partial charge in [-0.25, -0.2) is 4.98 Å². The molecule has 0 amide bonds. The fourth-order valence-electron chi connectivity index (χ4n) is 1.05. The average Bonchev–Trinajstić information content (AvgIpc) is 2.25. The molecule has 2 aromatic rings. The number of benzene rings is 1. The summed E-state index contributed by atoms with van der Waals surface area (Å²) in [5.74, 6) is 0. The molecule has 1 aromatic heterocycles. The number of hydrogen-bond donors (Lipinski definition) is 1. The van der Waals surface area contributed by atoms with Crippen LogP contribution in [0.2, 0.25) is 0 Å². The van der Waals surface area contributed by atoms with E-state index in [2.05, 4.69) is 25.9 Å². The Labute approximate surface area is 100 Å². The molecule has 3 nitrogen and oxygen atoms in total. The Hall–Kier alpha value is -1.07. The Morgan fingerprint density at radius 2 is 2.13 bits per heavy atom. The summed E-state index contributed by atoms with van der Waals surface area (Å²) < 4.78 is 1.00. The van der Waals surface area contributed by atoms with E-state index in [4.69, 9.17) is 5.73 Å². The molecule has 1 heterocycles. The molecule has 0 atom stereocenters. The van der Waals surface area contributed by atoms with Gasteiger partial charge in [0.1, 0.15) is 5.03 Å². The number of halogens is 1. The lowest BCUT2D eigenvalue weighted by Crippen LogP contribution is -1.89. The molecule has 0 aliphatic carbocycles. The Kier molecular flexibility index (Phi) is 3.23. The van der Waals surface area contributed by atoms with Gasteiger partial charge in [0.25, 0.3) is 0 Å². The molecule has 0 saturated heterocycles. The SMILES string of the molecule is Nc1ccc(Br)cc1Sc1cnccn1. The van der Waals surface area contributed by atoms with Crippen LogP contribution in [-0.4, -0.2) is 9.97 Å². The van der Waals surface area contributed by atoms with Gasteiger partial charge in [-0.3, -0.25) is 4.98 Å². The number of nitrogens with two attached hydrogens (primary N) is 1. The van der Waals surface area contributed by atoms with Crippen molar-refractivity contribution in [2.24, 2.45) is 0 Å². The summed E-state index contributed by atoms with van der Waals surface area (Å²) >= 11 is 4.90. The van der Waals surface area contributed by atoms with Crippen LogP contribution in [0.1, 0.15) is 0 Å². The van der Waals surface area contributed by atoms with Gasteiger partial charge in [-0.2, -0.15) is 0 Å². The molecule has 1 aromatic carbocycles. The first-order valence-corrected chi connectivity index (χ1v) is 5.85. The van der Waals surface area contributed by atoms with Crippen molar-refractivity contribution in [1.29, 1.82) is 0 Å². The number of aromatic nitrogens is 2. The summed E-state index contributed by atoms with van der Waals surface area (Å²) in [6, 6.07) is 5.74. The first-order valence-electron chi connectivity index (χ1n) is 4.24. The first kappa shape index (κ1) is 10.4. The molecular formula is C10H8BrN3S. The van der Waals surface area contributed by atoms with E-state index in [1.54, 1.807) is 18.6 Å². The number of nitrogen functional groups attached to an aromatic ring is 1.